The third-order valence-corrected chi connectivity index (χ3v) is 3.72. The van der Waals surface area contributed by atoms with Crippen LogP contribution in [0.5, 0.6) is 0 Å². The predicted octanol–water partition coefficient (Wildman–Crippen LogP) is 2.83. The Kier molecular flexibility index (Phi) is 2.51. The summed E-state index contributed by atoms with van der Waals surface area (Å²) in [5, 5.41) is 9.49. The van der Waals surface area contributed by atoms with Gasteiger partial charge < -0.3 is 5.11 Å². The Morgan fingerprint density at radius 1 is 1.40 bits per heavy atom. The zero-order chi connectivity index (χ0) is 10.9. The third kappa shape index (κ3) is 1.44. The average molecular weight is 204 g/mol. The summed E-state index contributed by atoms with van der Waals surface area (Å²) >= 11 is 0. The maximum absolute atomic E-state index is 11.5. The minimum atomic E-state index is -0.668. The quantitative estimate of drug-likeness (QED) is 0.804. The number of carboxylic acid groups (broad SMARTS) is 1. The van der Waals surface area contributed by atoms with Crippen molar-refractivity contribution in [3.8, 4) is 0 Å². The molecule has 2 heteroatoms. The molecule has 80 valence electrons. The maximum Gasteiger partial charge on any atom is 0.314 e. The molecule has 1 aliphatic rings. The third-order valence-electron chi connectivity index (χ3n) is 3.72. The van der Waals surface area contributed by atoms with E-state index < -0.39 is 11.4 Å². The largest absolute Gasteiger partial charge is 0.481 e. The van der Waals surface area contributed by atoms with Crippen molar-refractivity contribution in [2.75, 3.05) is 0 Å². The molecule has 2 unspecified atom stereocenters. The van der Waals surface area contributed by atoms with Gasteiger partial charge in [-0.1, -0.05) is 43.7 Å². The number of carbonyl (C=O) groups is 1. The molecule has 1 aromatic carbocycles. The molecule has 1 N–H and O–H groups in total. The van der Waals surface area contributed by atoms with Crippen molar-refractivity contribution in [1.82, 2.24) is 0 Å². The molecule has 0 bridgehead atoms. The lowest BCUT2D eigenvalue weighted by molar-refractivity contribution is -0.145. The average Bonchev–Trinajstić information content (AvgIpc) is 2.62. The second-order valence-electron chi connectivity index (χ2n) is 4.44. The molecule has 2 atom stereocenters. The van der Waals surface area contributed by atoms with Crippen molar-refractivity contribution in [2.24, 2.45) is 5.92 Å². The van der Waals surface area contributed by atoms with Gasteiger partial charge in [-0.25, -0.2) is 0 Å². The van der Waals surface area contributed by atoms with Gasteiger partial charge in [-0.15, -0.1) is 0 Å². The van der Waals surface area contributed by atoms with Gasteiger partial charge in [0, 0.05) is 0 Å². The fourth-order valence-corrected chi connectivity index (χ4v) is 2.79. The van der Waals surface area contributed by atoms with E-state index in [0.717, 1.165) is 24.8 Å². The van der Waals surface area contributed by atoms with Crippen LogP contribution in [-0.2, 0) is 10.2 Å². The van der Waals surface area contributed by atoms with Crippen LogP contribution in [0.3, 0.4) is 0 Å². The monoisotopic (exact) mass is 204 g/mol. The van der Waals surface area contributed by atoms with Crippen LogP contribution in [0.25, 0.3) is 0 Å². The first-order chi connectivity index (χ1) is 7.18. The van der Waals surface area contributed by atoms with Gasteiger partial charge in [0.25, 0.3) is 0 Å². The molecule has 0 amide bonds. The molecule has 2 rings (SSSR count). The Hall–Kier alpha value is -1.31. The summed E-state index contributed by atoms with van der Waals surface area (Å²) < 4.78 is 0. The van der Waals surface area contributed by atoms with Crippen molar-refractivity contribution < 1.29 is 9.90 Å². The summed E-state index contributed by atoms with van der Waals surface area (Å²) in [5.41, 5.74) is 0.323. The van der Waals surface area contributed by atoms with Gasteiger partial charge in [0.2, 0.25) is 0 Å². The SMILES string of the molecule is CC1CCCC1(C(=O)O)c1ccccc1. The lowest BCUT2D eigenvalue weighted by Crippen LogP contribution is -2.38. The van der Waals surface area contributed by atoms with Gasteiger partial charge >= 0.3 is 5.97 Å². The van der Waals surface area contributed by atoms with Gasteiger partial charge in [-0.3, -0.25) is 4.79 Å². The van der Waals surface area contributed by atoms with E-state index in [1.807, 2.05) is 37.3 Å². The van der Waals surface area contributed by atoms with Gasteiger partial charge in [-0.05, 0) is 24.3 Å². The molecule has 1 aliphatic carbocycles. The highest BCUT2D eigenvalue weighted by atomic mass is 16.4. The number of aliphatic carboxylic acids is 1. The minimum absolute atomic E-state index is 0.234. The number of hydrogen-bond donors (Lipinski definition) is 1. The normalized spacial score (nSPS) is 30.3. The van der Waals surface area contributed by atoms with Crippen molar-refractivity contribution in [2.45, 2.75) is 31.6 Å². The molecule has 0 heterocycles. The maximum atomic E-state index is 11.5. The molecule has 0 radical (unpaired) electrons. The van der Waals surface area contributed by atoms with Crippen molar-refractivity contribution in [1.29, 1.82) is 0 Å². The van der Waals surface area contributed by atoms with Crippen molar-refractivity contribution in [3.63, 3.8) is 0 Å². The van der Waals surface area contributed by atoms with E-state index in [9.17, 15) is 9.90 Å². The lowest BCUT2D eigenvalue weighted by Gasteiger charge is -2.29. The van der Waals surface area contributed by atoms with E-state index in [4.69, 9.17) is 0 Å². The number of hydrogen-bond acceptors (Lipinski definition) is 1. The predicted molar refractivity (Wildman–Crippen MR) is 58.8 cm³/mol. The van der Waals surface area contributed by atoms with Crippen LogP contribution in [-0.4, -0.2) is 11.1 Å². The zero-order valence-corrected chi connectivity index (χ0v) is 8.94. The van der Waals surface area contributed by atoms with E-state index in [2.05, 4.69) is 0 Å². The van der Waals surface area contributed by atoms with E-state index in [1.54, 1.807) is 0 Å². The Bertz CT molecular complexity index is 358. The molecule has 1 saturated carbocycles. The summed E-state index contributed by atoms with van der Waals surface area (Å²) in [6.45, 7) is 2.05. The van der Waals surface area contributed by atoms with E-state index in [-0.39, 0.29) is 5.92 Å². The van der Waals surface area contributed by atoms with E-state index in [1.165, 1.54) is 0 Å². The van der Waals surface area contributed by atoms with Crippen molar-refractivity contribution in [3.05, 3.63) is 35.9 Å². The highest BCUT2D eigenvalue weighted by Crippen LogP contribution is 2.45. The molecule has 1 fully saturated rings. The molecule has 0 aromatic heterocycles. The topological polar surface area (TPSA) is 37.3 Å². The molecule has 0 saturated heterocycles. The second-order valence-corrected chi connectivity index (χ2v) is 4.44. The summed E-state index contributed by atoms with van der Waals surface area (Å²) in [4.78, 5) is 11.5. The Morgan fingerprint density at radius 2 is 2.07 bits per heavy atom. The Balaban J connectivity index is 2.49. The highest BCUT2D eigenvalue weighted by Gasteiger charge is 2.48. The smallest absolute Gasteiger partial charge is 0.314 e. The van der Waals surface area contributed by atoms with Crippen LogP contribution in [0.4, 0.5) is 0 Å². The fraction of sp³-hybridized carbons (Fsp3) is 0.462. The Morgan fingerprint density at radius 3 is 2.53 bits per heavy atom. The summed E-state index contributed by atoms with van der Waals surface area (Å²) in [5.74, 6) is -0.434. The Labute approximate surface area is 89.9 Å². The van der Waals surface area contributed by atoms with Crippen LogP contribution < -0.4 is 0 Å². The zero-order valence-electron chi connectivity index (χ0n) is 8.94. The number of benzene rings is 1. The van der Waals surface area contributed by atoms with Crippen LogP contribution in [0.1, 0.15) is 31.7 Å². The highest BCUT2D eigenvalue weighted by molar-refractivity contribution is 5.82. The number of carboxylic acids is 1. The lowest BCUT2D eigenvalue weighted by atomic mass is 9.73. The van der Waals surface area contributed by atoms with Gasteiger partial charge in [0.15, 0.2) is 0 Å². The molecule has 15 heavy (non-hydrogen) atoms. The van der Waals surface area contributed by atoms with Gasteiger partial charge in [0.05, 0.1) is 5.41 Å². The summed E-state index contributed by atoms with van der Waals surface area (Å²) in [6.07, 6.45) is 2.80. The minimum Gasteiger partial charge on any atom is -0.481 e. The van der Waals surface area contributed by atoms with Crippen LogP contribution >= 0.6 is 0 Å². The van der Waals surface area contributed by atoms with Crippen LogP contribution in [0.15, 0.2) is 30.3 Å². The second kappa shape index (κ2) is 3.69. The van der Waals surface area contributed by atoms with Gasteiger partial charge in [0.1, 0.15) is 0 Å². The number of rotatable bonds is 2. The van der Waals surface area contributed by atoms with E-state index >= 15 is 0 Å². The van der Waals surface area contributed by atoms with E-state index in [0.29, 0.717) is 0 Å². The molecular weight excluding hydrogens is 188 g/mol. The molecule has 0 spiro atoms. The first-order valence-corrected chi connectivity index (χ1v) is 5.47. The standard InChI is InChI=1S/C13H16O2/c1-10-6-5-9-13(10,12(14)15)11-7-3-2-4-8-11/h2-4,7-8,10H,5-6,9H2,1H3,(H,14,15). The molecule has 0 aliphatic heterocycles. The first-order valence-electron chi connectivity index (χ1n) is 5.47. The van der Waals surface area contributed by atoms with Crippen LogP contribution in [0.2, 0.25) is 0 Å². The van der Waals surface area contributed by atoms with Crippen molar-refractivity contribution >= 4 is 5.97 Å². The van der Waals surface area contributed by atoms with Gasteiger partial charge in [-0.2, -0.15) is 0 Å². The first kappa shape index (κ1) is 10.2. The molecule has 2 nitrogen and oxygen atoms in total. The summed E-state index contributed by atoms with van der Waals surface area (Å²) in [6, 6.07) is 9.65. The molecule has 1 aromatic rings. The summed E-state index contributed by atoms with van der Waals surface area (Å²) in [7, 11) is 0. The molecular formula is C13H16O2. The van der Waals surface area contributed by atoms with Crippen LogP contribution in [0, 0.1) is 5.92 Å². The fourth-order valence-electron chi connectivity index (χ4n) is 2.79.